The number of nitrogens with zero attached hydrogens (tertiary/aromatic N) is 1. The summed E-state index contributed by atoms with van der Waals surface area (Å²) in [4.78, 5) is 0. The van der Waals surface area contributed by atoms with Gasteiger partial charge in [-0.3, -0.25) is 0 Å². The van der Waals surface area contributed by atoms with Crippen LogP contribution in [0.15, 0.2) is 24.3 Å². The molecule has 2 rings (SSSR count). The first-order valence-electron chi connectivity index (χ1n) is 4.64. The number of ether oxygens (including phenoxy) is 1. The van der Waals surface area contributed by atoms with Crippen molar-refractivity contribution in [2.24, 2.45) is 5.73 Å². The van der Waals surface area contributed by atoms with E-state index in [2.05, 4.69) is 6.07 Å². The number of nitrogens with two attached hydrogens (primary N) is 1. The Kier molecular flexibility index (Phi) is 2.49. The summed E-state index contributed by atoms with van der Waals surface area (Å²) in [7, 11) is 0. The zero-order valence-corrected chi connectivity index (χ0v) is 7.81. The second-order valence-corrected chi connectivity index (χ2v) is 3.54. The van der Waals surface area contributed by atoms with E-state index in [1.54, 1.807) is 0 Å². The van der Waals surface area contributed by atoms with Crippen LogP contribution in [-0.2, 0) is 4.74 Å². The van der Waals surface area contributed by atoms with Crippen LogP contribution in [0.4, 0.5) is 0 Å². The fourth-order valence-corrected chi connectivity index (χ4v) is 1.72. The van der Waals surface area contributed by atoms with Crippen LogP contribution in [0.2, 0.25) is 0 Å². The van der Waals surface area contributed by atoms with E-state index in [-0.39, 0.29) is 12.0 Å². The van der Waals surface area contributed by atoms with E-state index < -0.39 is 0 Å². The average Bonchev–Trinajstić information content (AvgIpc) is 2.65. The number of nitriles is 1. The highest BCUT2D eigenvalue weighted by atomic mass is 16.5. The highest BCUT2D eigenvalue weighted by Crippen LogP contribution is 2.24. The molecule has 0 spiro atoms. The third-order valence-corrected chi connectivity index (χ3v) is 2.59. The largest absolute Gasteiger partial charge is 0.379 e. The molecule has 1 aliphatic rings. The molecule has 1 fully saturated rings. The fourth-order valence-electron chi connectivity index (χ4n) is 1.72. The Hall–Kier alpha value is -1.37. The molecule has 2 atom stereocenters. The van der Waals surface area contributed by atoms with Crippen LogP contribution in [0.25, 0.3) is 0 Å². The van der Waals surface area contributed by atoms with E-state index in [4.69, 9.17) is 15.7 Å². The Labute approximate surface area is 83.1 Å². The number of rotatable bonds is 1. The molecule has 1 heterocycles. The quantitative estimate of drug-likeness (QED) is 0.715. The number of benzene rings is 1. The molecule has 1 unspecified atom stereocenters. The summed E-state index contributed by atoms with van der Waals surface area (Å²) in [6.45, 7) is 1.32. The summed E-state index contributed by atoms with van der Waals surface area (Å²) in [6.07, 6.45) is 0. The molecular formula is C11H12N2O. The summed E-state index contributed by atoms with van der Waals surface area (Å²) in [5.74, 6) is 0.280. The summed E-state index contributed by atoms with van der Waals surface area (Å²) in [5, 5.41) is 8.65. The first-order valence-corrected chi connectivity index (χ1v) is 4.64. The van der Waals surface area contributed by atoms with Crippen molar-refractivity contribution < 1.29 is 4.74 Å². The van der Waals surface area contributed by atoms with Gasteiger partial charge in [-0.15, -0.1) is 0 Å². The molecule has 0 aliphatic carbocycles. The van der Waals surface area contributed by atoms with Crippen molar-refractivity contribution in [1.29, 1.82) is 5.26 Å². The Bertz CT molecular complexity index is 353. The molecule has 1 aliphatic heterocycles. The zero-order chi connectivity index (χ0) is 9.97. The minimum Gasteiger partial charge on any atom is -0.379 e. The van der Waals surface area contributed by atoms with Crippen molar-refractivity contribution in [1.82, 2.24) is 0 Å². The van der Waals surface area contributed by atoms with E-state index in [0.717, 1.165) is 5.56 Å². The van der Waals surface area contributed by atoms with Crippen LogP contribution in [0.1, 0.15) is 17.0 Å². The highest BCUT2D eigenvalue weighted by Gasteiger charge is 2.25. The SMILES string of the molecule is N#Cc1ccc(C2COC[C@@H]2N)cc1. The van der Waals surface area contributed by atoms with Gasteiger partial charge in [0.2, 0.25) is 0 Å². The molecule has 72 valence electrons. The molecule has 14 heavy (non-hydrogen) atoms. The first kappa shape index (κ1) is 9.20. The lowest BCUT2D eigenvalue weighted by atomic mass is 9.94. The molecule has 3 heteroatoms. The van der Waals surface area contributed by atoms with Crippen molar-refractivity contribution in [2.45, 2.75) is 12.0 Å². The van der Waals surface area contributed by atoms with E-state index in [9.17, 15) is 0 Å². The molecule has 1 saturated heterocycles. The lowest BCUT2D eigenvalue weighted by Gasteiger charge is -2.12. The minimum absolute atomic E-state index is 0.0861. The maximum absolute atomic E-state index is 8.65. The summed E-state index contributed by atoms with van der Waals surface area (Å²) in [5.41, 5.74) is 7.73. The molecule has 0 amide bonds. The van der Waals surface area contributed by atoms with E-state index in [1.165, 1.54) is 0 Å². The second kappa shape index (κ2) is 3.79. The topological polar surface area (TPSA) is 59.0 Å². The molecule has 0 aromatic heterocycles. The van der Waals surface area contributed by atoms with Gasteiger partial charge < -0.3 is 10.5 Å². The summed E-state index contributed by atoms with van der Waals surface area (Å²) in [6, 6.07) is 9.73. The Morgan fingerprint density at radius 3 is 2.50 bits per heavy atom. The monoisotopic (exact) mass is 188 g/mol. The van der Waals surface area contributed by atoms with Gasteiger partial charge >= 0.3 is 0 Å². The maximum atomic E-state index is 8.65. The third kappa shape index (κ3) is 1.63. The third-order valence-electron chi connectivity index (χ3n) is 2.59. The van der Waals surface area contributed by atoms with Crippen molar-refractivity contribution >= 4 is 0 Å². The van der Waals surface area contributed by atoms with Crippen molar-refractivity contribution in [2.75, 3.05) is 13.2 Å². The first-order chi connectivity index (χ1) is 6.81. The highest BCUT2D eigenvalue weighted by molar-refractivity contribution is 5.33. The van der Waals surface area contributed by atoms with Gasteiger partial charge in [-0.25, -0.2) is 0 Å². The van der Waals surface area contributed by atoms with Gasteiger partial charge in [0.15, 0.2) is 0 Å². The molecular weight excluding hydrogens is 176 g/mol. The zero-order valence-electron chi connectivity index (χ0n) is 7.81. The Morgan fingerprint density at radius 2 is 2.00 bits per heavy atom. The van der Waals surface area contributed by atoms with Crippen LogP contribution in [0.5, 0.6) is 0 Å². The van der Waals surface area contributed by atoms with Crippen LogP contribution in [0, 0.1) is 11.3 Å². The smallest absolute Gasteiger partial charge is 0.0991 e. The second-order valence-electron chi connectivity index (χ2n) is 3.54. The number of hydrogen-bond donors (Lipinski definition) is 1. The summed E-state index contributed by atoms with van der Waals surface area (Å²) >= 11 is 0. The lowest BCUT2D eigenvalue weighted by molar-refractivity contribution is 0.191. The average molecular weight is 188 g/mol. The Morgan fingerprint density at radius 1 is 1.29 bits per heavy atom. The number of hydrogen-bond acceptors (Lipinski definition) is 3. The van der Waals surface area contributed by atoms with E-state index in [1.807, 2.05) is 24.3 Å². The minimum atomic E-state index is 0.0861. The molecule has 3 nitrogen and oxygen atoms in total. The Balaban J connectivity index is 2.21. The molecule has 0 radical (unpaired) electrons. The molecule has 2 N–H and O–H groups in total. The summed E-state index contributed by atoms with van der Waals surface area (Å²) < 4.78 is 5.29. The predicted octanol–water partition coefficient (Wildman–Crippen LogP) is 0.999. The van der Waals surface area contributed by atoms with Gasteiger partial charge in [-0.05, 0) is 17.7 Å². The van der Waals surface area contributed by atoms with Crippen molar-refractivity contribution in [3.63, 3.8) is 0 Å². The van der Waals surface area contributed by atoms with Crippen LogP contribution >= 0.6 is 0 Å². The van der Waals surface area contributed by atoms with Crippen LogP contribution in [0.3, 0.4) is 0 Å². The normalized spacial score (nSPS) is 26.0. The molecule has 0 saturated carbocycles. The van der Waals surface area contributed by atoms with E-state index in [0.29, 0.717) is 18.8 Å². The molecule has 1 aromatic rings. The van der Waals surface area contributed by atoms with Gasteiger partial charge in [-0.2, -0.15) is 5.26 Å². The van der Waals surface area contributed by atoms with Gasteiger partial charge in [-0.1, -0.05) is 12.1 Å². The van der Waals surface area contributed by atoms with Crippen LogP contribution in [-0.4, -0.2) is 19.3 Å². The van der Waals surface area contributed by atoms with Gasteiger partial charge in [0.05, 0.1) is 24.8 Å². The van der Waals surface area contributed by atoms with Crippen molar-refractivity contribution in [3.05, 3.63) is 35.4 Å². The predicted molar refractivity (Wildman–Crippen MR) is 52.7 cm³/mol. The van der Waals surface area contributed by atoms with Gasteiger partial charge in [0.25, 0.3) is 0 Å². The fraction of sp³-hybridized carbons (Fsp3) is 0.364. The maximum Gasteiger partial charge on any atom is 0.0991 e. The van der Waals surface area contributed by atoms with Gasteiger partial charge in [0, 0.05) is 12.0 Å². The van der Waals surface area contributed by atoms with Gasteiger partial charge in [0.1, 0.15) is 0 Å². The standard InChI is InChI=1S/C11H12N2O/c12-5-8-1-3-9(4-2-8)10-6-14-7-11(10)13/h1-4,10-11H,6-7,13H2/t10?,11-/m0/s1. The van der Waals surface area contributed by atoms with Crippen molar-refractivity contribution in [3.8, 4) is 6.07 Å². The van der Waals surface area contributed by atoms with Crippen LogP contribution < -0.4 is 5.73 Å². The molecule has 1 aromatic carbocycles. The molecule has 0 bridgehead atoms. The van der Waals surface area contributed by atoms with E-state index >= 15 is 0 Å². The lowest BCUT2D eigenvalue weighted by Crippen LogP contribution is -2.26.